The number of rotatable bonds is 7. The number of hydrogen-bond acceptors (Lipinski definition) is 4. The molecule has 0 saturated carbocycles. The first-order valence-electron chi connectivity index (χ1n) is 8.51. The van der Waals surface area contributed by atoms with Gasteiger partial charge in [-0.3, -0.25) is 5.10 Å². The van der Waals surface area contributed by atoms with Gasteiger partial charge in [0, 0.05) is 24.9 Å². The maximum absolute atomic E-state index is 12.7. The van der Waals surface area contributed by atoms with Crippen LogP contribution >= 0.6 is 0 Å². The molecule has 0 radical (unpaired) electrons. The van der Waals surface area contributed by atoms with Crippen LogP contribution in [0.25, 0.3) is 0 Å². The van der Waals surface area contributed by atoms with Gasteiger partial charge >= 0.3 is 6.03 Å². The molecular weight excluding hydrogens is 320 g/mol. The van der Waals surface area contributed by atoms with Crippen LogP contribution in [0.15, 0.2) is 36.5 Å². The fourth-order valence-electron chi connectivity index (χ4n) is 2.96. The molecule has 0 aliphatic carbocycles. The van der Waals surface area contributed by atoms with Gasteiger partial charge in [0.05, 0.1) is 32.0 Å². The van der Waals surface area contributed by atoms with Crippen molar-refractivity contribution >= 4 is 6.03 Å². The second-order valence-corrected chi connectivity index (χ2v) is 6.07. The van der Waals surface area contributed by atoms with Crippen molar-refractivity contribution in [1.29, 1.82) is 0 Å². The van der Waals surface area contributed by atoms with E-state index < -0.39 is 0 Å². The maximum atomic E-state index is 12.7. The summed E-state index contributed by atoms with van der Waals surface area (Å²) in [5.74, 6) is 0.779. The molecule has 1 fully saturated rings. The molecule has 25 heavy (non-hydrogen) atoms. The molecule has 1 aliphatic rings. The number of hydrogen-bond donors (Lipinski definition) is 2. The fourth-order valence-corrected chi connectivity index (χ4v) is 2.96. The molecule has 2 heterocycles. The van der Waals surface area contributed by atoms with Gasteiger partial charge in [-0.15, -0.1) is 0 Å². The van der Waals surface area contributed by atoms with E-state index in [-0.39, 0.29) is 12.1 Å². The molecule has 2 N–H and O–H groups in total. The monoisotopic (exact) mass is 344 g/mol. The van der Waals surface area contributed by atoms with Gasteiger partial charge in [0.1, 0.15) is 5.75 Å². The number of amides is 2. The Hall–Kier alpha value is -2.54. The van der Waals surface area contributed by atoms with Crippen LogP contribution in [0.4, 0.5) is 4.79 Å². The van der Waals surface area contributed by atoms with Gasteiger partial charge in [-0.2, -0.15) is 5.10 Å². The van der Waals surface area contributed by atoms with Crippen molar-refractivity contribution in [3.63, 3.8) is 0 Å². The molecule has 1 aliphatic heterocycles. The Bertz CT molecular complexity index is 669. The number of para-hydroxylation sites is 1. The summed E-state index contributed by atoms with van der Waals surface area (Å²) in [6.45, 7) is 2.21. The molecule has 7 nitrogen and oxygen atoms in total. The van der Waals surface area contributed by atoms with Crippen molar-refractivity contribution in [3.05, 3.63) is 47.8 Å². The first kappa shape index (κ1) is 17.3. The molecule has 134 valence electrons. The van der Waals surface area contributed by atoms with Gasteiger partial charge in [-0.25, -0.2) is 4.79 Å². The molecule has 1 saturated heterocycles. The number of benzene rings is 1. The number of aromatic amines is 1. The molecule has 1 aromatic heterocycles. The van der Waals surface area contributed by atoms with E-state index in [0.717, 1.165) is 36.5 Å². The molecule has 2 aromatic rings. The van der Waals surface area contributed by atoms with Crippen LogP contribution in [0.2, 0.25) is 0 Å². The minimum atomic E-state index is -0.129. The quantitative estimate of drug-likeness (QED) is 0.808. The number of carbonyl (C=O) groups is 1. The molecule has 0 spiro atoms. The minimum absolute atomic E-state index is 0.0904. The maximum Gasteiger partial charge on any atom is 0.318 e. The predicted molar refractivity (Wildman–Crippen MR) is 93.2 cm³/mol. The highest BCUT2D eigenvalue weighted by molar-refractivity contribution is 5.74. The average molecular weight is 344 g/mol. The van der Waals surface area contributed by atoms with E-state index in [4.69, 9.17) is 9.47 Å². The molecule has 0 unspecified atom stereocenters. The third kappa shape index (κ3) is 4.73. The molecule has 1 aromatic carbocycles. The van der Waals surface area contributed by atoms with E-state index >= 15 is 0 Å². The van der Waals surface area contributed by atoms with E-state index in [9.17, 15) is 4.79 Å². The summed E-state index contributed by atoms with van der Waals surface area (Å²) in [6, 6.07) is 9.46. The molecule has 3 rings (SSSR count). The number of nitrogens with zero attached hydrogens (tertiary/aromatic N) is 2. The number of methoxy groups -OCH3 is 1. The zero-order chi connectivity index (χ0) is 17.5. The second-order valence-electron chi connectivity index (χ2n) is 6.07. The summed E-state index contributed by atoms with van der Waals surface area (Å²) < 4.78 is 11.1. The van der Waals surface area contributed by atoms with Gasteiger partial charge < -0.3 is 19.7 Å². The van der Waals surface area contributed by atoms with Crippen molar-refractivity contribution in [2.75, 3.05) is 20.3 Å². The molecule has 0 bridgehead atoms. The zero-order valence-electron chi connectivity index (χ0n) is 14.4. The standard InChI is InChI=1S/C18H24N4O3/c1-24-17-7-3-2-5-14(17)12-22(13-16-6-4-10-25-16)18(23)19-11-15-8-9-20-21-15/h2-3,5,7-9,16H,4,6,10-13H2,1H3,(H,19,23)(H,20,21)/t16-/m1/s1. The third-order valence-corrected chi connectivity index (χ3v) is 4.28. The zero-order valence-corrected chi connectivity index (χ0v) is 14.4. The van der Waals surface area contributed by atoms with Crippen molar-refractivity contribution in [3.8, 4) is 5.75 Å². The first-order chi connectivity index (χ1) is 12.3. The highest BCUT2D eigenvalue weighted by Gasteiger charge is 2.23. The largest absolute Gasteiger partial charge is 0.496 e. The van der Waals surface area contributed by atoms with Gasteiger partial charge in [0.15, 0.2) is 0 Å². The summed E-state index contributed by atoms with van der Waals surface area (Å²) in [5.41, 5.74) is 1.84. The Balaban J connectivity index is 1.68. The Labute approximate surface area is 147 Å². The van der Waals surface area contributed by atoms with E-state index in [1.807, 2.05) is 30.3 Å². The molecular formula is C18H24N4O3. The fraction of sp³-hybridized carbons (Fsp3) is 0.444. The van der Waals surface area contributed by atoms with Crippen LogP contribution in [-0.4, -0.2) is 47.5 Å². The Morgan fingerprint density at radius 2 is 2.32 bits per heavy atom. The average Bonchev–Trinajstić information content (AvgIpc) is 3.33. The lowest BCUT2D eigenvalue weighted by Gasteiger charge is -2.26. The number of H-pyrrole nitrogens is 1. The lowest BCUT2D eigenvalue weighted by Crippen LogP contribution is -2.43. The SMILES string of the molecule is COc1ccccc1CN(C[C@H]1CCCO1)C(=O)NCc1ccn[nH]1. The Morgan fingerprint density at radius 1 is 1.44 bits per heavy atom. The Kier molecular flexibility index (Phi) is 5.90. The van der Waals surface area contributed by atoms with E-state index in [2.05, 4.69) is 15.5 Å². The highest BCUT2D eigenvalue weighted by Crippen LogP contribution is 2.21. The first-order valence-corrected chi connectivity index (χ1v) is 8.51. The topological polar surface area (TPSA) is 79.5 Å². The van der Waals surface area contributed by atoms with Crippen LogP contribution < -0.4 is 10.1 Å². The van der Waals surface area contributed by atoms with E-state index in [1.165, 1.54) is 0 Å². The van der Waals surface area contributed by atoms with Gasteiger partial charge in [-0.1, -0.05) is 18.2 Å². The summed E-state index contributed by atoms with van der Waals surface area (Å²) >= 11 is 0. The van der Waals surface area contributed by atoms with E-state index in [1.54, 1.807) is 18.2 Å². The summed E-state index contributed by atoms with van der Waals surface area (Å²) in [6.07, 6.45) is 3.78. The normalized spacial score (nSPS) is 16.6. The van der Waals surface area contributed by atoms with Crippen molar-refractivity contribution in [1.82, 2.24) is 20.4 Å². The van der Waals surface area contributed by atoms with Crippen LogP contribution in [0.3, 0.4) is 0 Å². The van der Waals surface area contributed by atoms with Crippen LogP contribution in [0.5, 0.6) is 5.75 Å². The number of ether oxygens (including phenoxy) is 2. The summed E-state index contributed by atoms with van der Waals surface area (Å²) in [7, 11) is 1.64. The number of carbonyl (C=O) groups excluding carboxylic acids is 1. The van der Waals surface area contributed by atoms with Crippen molar-refractivity contribution in [2.24, 2.45) is 0 Å². The lowest BCUT2D eigenvalue weighted by atomic mass is 10.1. The van der Waals surface area contributed by atoms with Crippen molar-refractivity contribution < 1.29 is 14.3 Å². The highest BCUT2D eigenvalue weighted by atomic mass is 16.5. The van der Waals surface area contributed by atoms with Gasteiger partial charge in [0.2, 0.25) is 0 Å². The Morgan fingerprint density at radius 3 is 3.04 bits per heavy atom. The molecule has 2 amide bonds. The summed E-state index contributed by atoms with van der Waals surface area (Å²) in [5, 5.41) is 9.67. The van der Waals surface area contributed by atoms with Crippen LogP contribution in [0.1, 0.15) is 24.1 Å². The van der Waals surface area contributed by atoms with E-state index in [0.29, 0.717) is 19.6 Å². The molecule has 1 atom stereocenters. The summed E-state index contributed by atoms with van der Waals surface area (Å²) in [4.78, 5) is 14.5. The lowest BCUT2D eigenvalue weighted by molar-refractivity contribution is 0.0792. The van der Waals surface area contributed by atoms with Crippen LogP contribution in [0, 0.1) is 0 Å². The second kappa shape index (κ2) is 8.53. The number of nitrogens with one attached hydrogen (secondary N) is 2. The predicted octanol–water partition coefficient (Wildman–Crippen LogP) is 2.31. The number of aromatic nitrogens is 2. The smallest absolute Gasteiger partial charge is 0.318 e. The minimum Gasteiger partial charge on any atom is -0.496 e. The van der Waals surface area contributed by atoms with Gasteiger partial charge in [-0.05, 0) is 25.0 Å². The van der Waals surface area contributed by atoms with Gasteiger partial charge in [0.25, 0.3) is 0 Å². The molecule has 7 heteroatoms. The number of urea groups is 1. The van der Waals surface area contributed by atoms with Crippen LogP contribution in [-0.2, 0) is 17.8 Å². The van der Waals surface area contributed by atoms with Crippen molar-refractivity contribution in [2.45, 2.75) is 32.0 Å². The third-order valence-electron chi connectivity index (χ3n) is 4.28.